The summed E-state index contributed by atoms with van der Waals surface area (Å²) >= 11 is 0. The molecule has 0 radical (unpaired) electrons. The van der Waals surface area contributed by atoms with Crippen LogP contribution < -0.4 is 4.74 Å². The van der Waals surface area contributed by atoms with E-state index in [-0.39, 0.29) is 11.9 Å². The lowest BCUT2D eigenvalue weighted by atomic mass is 10.3. The van der Waals surface area contributed by atoms with Crippen molar-refractivity contribution in [1.29, 1.82) is 0 Å². The molecule has 0 unspecified atom stereocenters. The van der Waals surface area contributed by atoms with Crippen LogP contribution in [0.3, 0.4) is 0 Å². The van der Waals surface area contributed by atoms with Gasteiger partial charge in [0.05, 0.1) is 0 Å². The van der Waals surface area contributed by atoms with Gasteiger partial charge in [0, 0.05) is 0 Å². The molecule has 1 atom stereocenters. The normalized spacial score (nSPS) is 12.1. The minimum absolute atomic E-state index is 0.0801. The highest BCUT2D eigenvalue weighted by molar-refractivity contribution is 5.84. The zero-order chi connectivity index (χ0) is 12.3. The van der Waals surface area contributed by atoms with E-state index in [0.717, 1.165) is 0 Å². The smallest absolute Gasteiger partial charge is 0.371 e. The minimum atomic E-state index is -1.08. The van der Waals surface area contributed by atoms with Gasteiger partial charge in [-0.3, -0.25) is 0 Å². The lowest BCUT2D eigenvalue weighted by Crippen LogP contribution is -2.01. The van der Waals surface area contributed by atoms with Crippen molar-refractivity contribution in [2.45, 2.75) is 13.0 Å². The molecule has 1 N–H and O–H groups in total. The van der Waals surface area contributed by atoms with Gasteiger partial charge in [-0.1, -0.05) is 18.2 Å². The van der Waals surface area contributed by atoms with E-state index >= 15 is 0 Å². The summed E-state index contributed by atoms with van der Waals surface area (Å²) in [6, 6.07) is 12.3. The third-order valence-corrected chi connectivity index (χ3v) is 2.29. The standard InChI is InChI=1S/C13H12O4/c1-9(16-10-5-3-2-4-6-10)11-7-8-12(17-11)13(14)15/h2-9H,1H3,(H,14,15)/t9-/m1/s1. The molecule has 0 aliphatic heterocycles. The van der Waals surface area contributed by atoms with E-state index < -0.39 is 5.97 Å². The lowest BCUT2D eigenvalue weighted by Gasteiger charge is -2.11. The van der Waals surface area contributed by atoms with Crippen LogP contribution in [0.5, 0.6) is 5.75 Å². The first-order valence-corrected chi connectivity index (χ1v) is 5.21. The molecule has 0 aliphatic carbocycles. The molecule has 4 nitrogen and oxygen atoms in total. The topological polar surface area (TPSA) is 59.7 Å². The Bertz CT molecular complexity index is 501. The van der Waals surface area contributed by atoms with E-state index in [1.807, 2.05) is 30.3 Å². The number of carbonyl (C=O) groups is 1. The van der Waals surface area contributed by atoms with Crippen LogP contribution in [-0.4, -0.2) is 11.1 Å². The van der Waals surface area contributed by atoms with E-state index in [4.69, 9.17) is 14.3 Å². The summed E-state index contributed by atoms with van der Waals surface area (Å²) in [5.74, 6) is 0.0474. The monoisotopic (exact) mass is 232 g/mol. The molecule has 0 spiro atoms. The van der Waals surface area contributed by atoms with Crippen molar-refractivity contribution in [3.8, 4) is 5.75 Å². The van der Waals surface area contributed by atoms with Crippen LogP contribution in [0.1, 0.15) is 29.3 Å². The van der Waals surface area contributed by atoms with Crippen molar-refractivity contribution in [2.75, 3.05) is 0 Å². The first-order chi connectivity index (χ1) is 8.16. The number of para-hydroxylation sites is 1. The van der Waals surface area contributed by atoms with Crippen molar-refractivity contribution in [3.05, 3.63) is 54.0 Å². The molecule has 1 aromatic heterocycles. The molecular weight excluding hydrogens is 220 g/mol. The van der Waals surface area contributed by atoms with Gasteiger partial charge in [0.2, 0.25) is 5.76 Å². The van der Waals surface area contributed by atoms with E-state index in [1.165, 1.54) is 6.07 Å². The first-order valence-electron chi connectivity index (χ1n) is 5.21. The summed E-state index contributed by atoms with van der Waals surface area (Å²) in [5, 5.41) is 8.74. The summed E-state index contributed by atoms with van der Waals surface area (Å²) in [6.45, 7) is 1.80. The molecule has 0 fully saturated rings. The average Bonchev–Trinajstić information content (AvgIpc) is 2.79. The maximum absolute atomic E-state index is 10.7. The Hall–Kier alpha value is -2.23. The van der Waals surface area contributed by atoms with Gasteiger partial charge in [0.15, 0.2) is 6.10 Å². The Labute approximate surface area is 98.4 Å². The number of furan rings is 1. The molecule has 4 heteroatoms. The fraction of sp³-hybridized carbons (Fsp3) is 0.154. The second kappa shape index (κ2) is 4.74. The van der Waals surface area contributed by atoms with Crippen molar-refractivity contribution in [1.82, 2.24) is 0 Å². The number of carboxylic acid groups (broad SMARTS) is 1. The Balaban J connectivity index is 2.09. The van der Waals surface area contributed by atoms with Gasteiger partial charge in [0.1, 0.15) is 11.5 Å². The van der Waals surface area contributed by atoms with E-state index in [2.05, 4.69) is 0 Å². The fourth-order valence-corrected chi connectivity index (χ4v) is 1.45. The first kappa shape index (κ1) is 11.3. The zero-order valence-corrected chi connectivity index (χ0v) is 9.29. The second-order valence-corrected chi connectivity index (χ2v) is 3.58. The summed E-state index contributed by atoms with van der Waals surface area (Å²) in [7, 11) is 0. The molecule has 0 aliphatic rings. The largest absolute Gasteiger partial charge is 0.483 e. The fourth-order valence-electron chi connectivity index (χ4n) is 1.45. The van der Waals surface area contributed by atoms with E-state index in [1.54, 1.807) is 13.0 Å². The quantitative estimate of drug-likeness (QED) is 0.879. The second-order valence-electron chi connectivity index (χ2n) is 3.58. The van der Waals surface area contributed by atoms with Gasteiger partial charge in [-0.2, -0.15) is 0 Å². The highest BCUT2D eigenvalue weighted by atomic mass is 16.5. The molecule has 2 aromatic rings. The molecule has 0 saturated heterocycles. The van der Waals surface area contributed by atoms with Crippen LogP contribution in [0.2, 0.25) is 0 Å². The van der Waals surface area contributed by atoms with Crippen LogP contribution in [0.4, 0.5) is 0 Å². The Morgan fingerprint density at radius 3 is 2.53 bits per heavy atom. The molecule has 0 amide bonds. The summed E-state index contributed by atoms with van der Waals surface area (Å²) in [5.41, 5.74) is 0. The molecule has 1 heterocycles. The van der Waals surface area contributed by atoms with Crippen LogP contribution in [-0.2, 0) is 0 Å². The highest BCUT2D eigenvalue weighted by Gasteiger charge is 2.15. The van der Waals surface area contributed by atoms with Gasteiger partial charge >= 0.3 is 5.97 Å². The summed E-state index contributed by atoms with van der Waals surface area (Å²) in [6.07, 6.45) is -0.328. The van der Waals surface area contributed by atoms with Crippen LogP contribution >= 0.6 is 0 Å². The Kier molecular flexibility index (Phi) is 3.14. The third-order valence-electron chi connectivity index (χ3n) is 2.29. The van der Waals surface area contributed by atoms with Gasteiger partial charge in [-0.15, -0.1) is 0 Å². The Morgan fingerprint density at radius 1 is 1.24 bits per heavy atom. The van der Waals surface area contributed by atoms with Crippen molar-refractivity contribution >= 4 is 5.97 Å². The van der Waals surface area contributed by atoms with Gasteiger partial charge < -0.3 is 14.3 Å². The number of carboxylic acids is 1. The predicted molar refractivity (Wildman–Crippen MR) is 61.2 cm³/mol. The van der Waals surface area contributed by atoms with Gasteiger partial charge in [0.25, 0.3) is 0 Å². The minimum Gasteiger partial charge on any atom is -0.483 e. The summed E-state index contributed by atoms with van der Waals surface area (Å²) in [4.78, 5) is 10.7. The number of rotatable bonds is 4. The zero-order valence-electron chi connectivity index (χ0n) is 9.29. The van der Waals surface area contributed by atoms with Crippen LogP contribution in [0.25, 0.3) is 0 Å². The molecule has 0 saturated carbocycles. The number of ether oxygens (including phenoxy) is 1. The molecule has 0 bridgehead atoms. The van der Waals surface area contributed by atoms with Crippen LogP contribution in [0, 0.1) is 0 Å². The molecular formula is C13H12O4. The van der Waals surface area contributed by atoms with Crippen LogP contribution in [0.15, 0.2) is 46.9 Å². The van der Waals surface area contributed by atoms with Crippen molar-refractivity contribution in [2.24, 2.45) is 0 Å². The van der Waals surface area contributed by atoms with Crippen molar-refractivity contribution < 1.29 is 19.1 Å². The van der Waals surface area contributed by atoms with Gasteiger partial charge in [-0.25, -0.2) is 4.79 Å². The molecule has 88 valence electrons. The molecule has 17 heavy (non-hydrogen) atoms. The SMILES string of the molecule is C[C@@H](Oc1ccccc1)c1ccc(C(=O)O)o1. The molecule has 2 rings (SSSR count). The maximum Gasteiger partial charge on any atom is 0.371 e. The average molecular weight is 232 g/mol. The number of aromatic carboxylic acids is 1. The lowest BCUT2D eigenvalue weighted by molar-refractivity contribution is 0.0655. The van der Waals surface area contributed by atoms with E-state index in [9.17, 15) is 4.79 Å². The van der Waals surface area contributed by atoms with Gasteiger partial charge in [-0.05, 0) is 31.2 Å². The van der Waals surface area contributed by atoms with E-state index in [0.29, 0.717) is 11.5 Å². The molecule has 1 aromatic carbocycles. The third kappa shape index (κ3) is 2.66. The Morgan fingerprint density at radius 2 is 1.94 bits per heavy atom. The number of hydrogen-bond donors (Lipinski definition) is 1. The maximum atomic E-state index is 10.7. The predicted octanol–water partition coefficient (Wildman–Crippen LogP) is 3.12. The number of hydrogen-bond acceptors (Lipinski definition) is 3. The van der Waals surface area contributed by atoms with Crippen molar-refractivity contribution in [3.63, 3.8) is 0 Å². The summed E-state index contributed by atoms with van der Waals surface area (Å²) < 4.78 is 10.8. The number of benzene rings is 1. The highest BCUT2D eigenvalue weighted by Crippen LogP contribution is 2.22.